The second-order valence-corrected chi connectivity index (χ2v) is 3.94. The fourth-order valence-corrected chi connectivity index (χ4v) is 1.56. The summed E-state index contributed by atoms with van der Waals surface area (Å²) in [6, 6.07) is 5.73. The SMILES string of the molecule is CC(=O)NCC(=O)NCc1ccc2nc[nH]c2c1. The number of aromatic nitrogens is 2. The highest BCUT2D eigenvalue weighted by Crippen LogP contribution is 2.11. The Morgan fingerprint density at radius 3 is 2.94 bits per heavy atom. The van der Waals surface area contributed by atoms with Crippen molar-refractivity contribution in [1.29, 1.82) is 0 Å². The fraction of sp³-hybridized carbons (Fsp3) is 0.250. The fourth-order valence-electron chi connectivity index (χ4n) is 1.56. The van der Waals surface area contributed by atoms with Gasteiger partial charge in [0.25, 0.3) is 0 Å². The van der Waals surface area contributed by atoms with Crippen LogP contribution in [0.4, 0.5) is 0 Å². The summed E-state index contributed by atoms with van der Waals surface area (Å²) in [6.07, 6.45) is 1.63. The maximum Gasteiger partial charge on any atom is 0.239 e. The third-order valence-corrected chi connectivity index (χ3v) is 2.47. The van der Waals surface area contributed by atoms with Crippen molar-refractivity contribution in [3.05, 3.63) is 30.1 Å². The third kappa shape index (κ3) is 3.07. The van der Waals surface area contributed by atoms with E-state index < -0.39 is 0 Å². The molecular weight excluding hydrogens is 232 g/mol. The molecule has 94 valence electrons. The summed E-state index contributed by atoms with van der Waals surface area (Å²) >= 11 is 0. The average molecular weight is 246 g/mol. The molecule has 0 aliphatic rings. The number of carbonyl (C=O) groups excluding carboxylic acids is 2. The van der Waals surface area contributed by atoms with Crippen molar-refractivity contribution in [2.75, 3.05) is 6.54 Å². The lowest BCUT2D eigenvalue weighted by Gasteiger charge is -2.05. The monoisotopic (exact) mass is 246 g/mol. The summed E-state index contributed by atoms with van der Waals surface area (Å²) < 4.78 is 0. The standard InChI is InChI=1S/C12H14N4O2/c1-8(17)13-6-12(18)14-5-9-2-3-10-11(4-9)16-7-15-10/h2-4,7H,5-6H2,1H3,(H,13,17)(H,14,18)(H,15,16). The Labute approximate surface area is 104 Å². The first-order valence-corrected chi connectivity index (χ1v) is 5.58. The van der Waals surface area contributed by atoms with Crippen LogP contribution in [0.2, 0.25) is 0 Å². The third-order valence-electron chi connectivity index (χ3n) is 2.47. The van der Waals surface area contributed by atoms with Crippen LogP contribution in [0.1, 0.15) is 12.5 Å². The number of amides is 2. The Morgan fingerprint density at radius 2 is 2.17 bits per heavy atom. The zero-order valence-corrected chi connectivity index (χ0v) is 9.99. The molecule has 18 heavy (non-hydrogen) atoms. The highest BCUT2D eigenvalue weighted by Gasteiger charge is 2.03. The molecule has 0 radical (unpaired) electrons. The average Bonchev–Trinajstić information content (AvgIpc) is 2.81. The van der Waals surface area contributed by atoms with Gasteiger partial charge in [0.2, 0.25) is 11.8 Å². The Balaban J connectivity index is 1.89. The molecule has 2 rings (SSSR count). The van der Waals surface area contributed by atoms with Gasteiger partial charge in [-0.3, -0.25) is 9.59 Å². The zero-order valence-electron chi connectivity index (χ0n) is 9.99. The maximum atomic E-state index is 11.4. The van der Waals surface area contributed by atoms with Gasteiger partial charge in [0.15, 0.2) is 0 Å². The minimum atomic E-state index is -0.218. The summed E-state index contributed by atoms with van der Waals surface area (Å²) in [7, 11) is 0. The lowest BCUT2D eigenvalue weighted by molar-refractivity contribution is -0.125. The molecule has 3 N–H and O–H groups in total. The molecular formula is C12H14N4O2. The lowest BCUT2D eigenvalue weighted by Crippen LogP contribution is -2.35. The van der Waals surface area contributed by atoms with Crippen LogP contribution in [0.5, 0.6) is 0 Å². The summed E-state index contributed by atoms with van der Waals surface area (Å²) in [5.41, 5.74) is 2.80. The number of hydrogen-bond acceptors (Lipinski definition) is 3. The van der Waals surface area contributed by atoms with E-state index in [-0.39, 0.29) is 18.4 Å². The van der Waals surface area contributed by atoms with Gasteiger partial charge in [0.1, 0.15) is 0 Å². The second kappa shape index (κ2) is 5.31. The number of H-pyrrole nitrogens is 1. The molecule has 0 bridgehead atoms. The topological polar surface area (TPSA) is 86.9 Å². The first-order chi connectivity index (χ1) is 8.65. The molecule has 0 aliphatic heterocycles. The molecule has 6 heteroatoms. The Hall–Kier alpha value is -2.37. The molecule has 0 saturated heterocycles. The second-order valence-electron chi connectivity index (χ2n) is 3.94. The van der Waals surface area contributed by atoms with E-state index in [0.717, 1.165) is 16.6 Å². The number of hydrogen-bond donors (Lipinski definition) is 3. The van der Waals surface area contributed by atoms with E-state index in [2.05, 4.69) is 20.6 Å². The molecule has 1 heterocycles. The Kier molecular flexibility index (Phi) is 3.57. The van der Waals surface area contributed by atoms with Crippen LogP contribution in [-0.2, 0) is 16.1 Å². The van der Waals surface area contributed by atoms with Gasteiger partial charge in [-0.2, -0.15) is 0 Å². The highest BCUT2D eigenvalue weighted by molar-refractivity contribution is 5.83. The molecule has 1 aromatic heterocycles. The number of imidazole rings is 1. The Bertz CT molecular complexity index is 576. The smallest absolute Gasteiger partial charge is 0.239 e. The van der Waals surface area contributed by atoms with Crippen LogP contribution in [0.25, 0.3) is 11.0 Å². The predicted octanol–water partition coefficient (Wildman–Crippen LogP) is 0.315. The van der Waals surface area contributed by atoms with Gasteiger partial charge in [-0.1, -0.05) is 6.07 Å². The molecule has 0 saturated carbocycles. The van der Waals surface area contributed by atoms with E-state index >= 15 is 0 Å². The first-order valence-electron chi connectivity index (χ1n) is 5.58. The van der Waals surface area contributed by atoms with E-state index in [9.17, 15) is 9.59 Å². The number of nitrogens with one attached hydrogen (secondary N) is 3. The van der Waals surface area contributed by atoms with Gasteiger partial charge < -0.3 is 15.6 Å². The molecule has 0 fully saturated rings. The Morgan fingerprint density at radius 1 is 1.33 bits per heavy atom. The van der Waals surface area contributed by atoms with Crippen LogP contribution in [-0.4, -0.2) is 28.3 Å². The summed E-state index contributed by atoms with van der Waals surface area (Å²) in [5, 5.41) is 5.16. The number of fused-ring (bicyclic) bond motifs is 1. The maximum absolute atomic E-state index is 11.4. The van der Waals surface area contributed by atoms with Crippen LogP contribution in [0.15, 0.2) is 24.5 Å². The number of aromatic amines is 1. The van der Waals surface area contributed by atoms with Gasteiger partial charge in [-0.25, -0.2) is 4.98 Å². The molecule has 0 aliphatic carbocycles. The summed E-state index contributed by atoms with van der Waals surface area (Å²) in [6.45, 7) is 1.80. The van der Waals surface area contributed by atoms with Crippen LogP contribution < -0.4 is 10.6 Å². The van der Waals surface area contributed by atoms with E-state index in [1.807, 2.05) is 18.2 Å². The zero-order chi connectivity index (χ0) is 13.0. The van der Waals surface area contributed by atoms with E-state index in [1.165, 1.54) is 6.92 Å². The highest BCUT2D eigenvalue weighted by atomic mass is 16.2. The molecule has 6 nitrogen and oxygen atoms in total. The van der Waals surface area contributed by atoms with Crippen molar-refractivity contribution in [2.24, 2.45) is 0 Å². The lowest BCUT2D eigenvalue weighted by atomic mass is 10.2. The van der Waals surface area contributed by atoms with Crippen LogP contribution >= 0.6 is 0 Å². The van der Waals surface area contributed by atoms with Crippen molar-refractivity contribution >= 4 is 22.8 Å². The van der Waals surface area contributed by atoms with Crippen molar-refractivity contribution < 1.29 is 9.59 Å². The van der Waals surface area contributed by atoms with Gasteiger partial charge in [-0.15, -0.1) is 0 Å². The summed E-state index contributed by atoms with van der Waals surface area (Å²) in [5.74, 6) is -0.432. The number of nitrogens with zero attached hydrogens (tertiary/aromatic N) is 1. The molecule has 0 atom stereocenters. The van der Waals surface area contributed by atoms with Crippen LogP contribution in [0.3, 0.4) is 0 Å². The van der Waals surface area contributed by atoms with Crippen LogP contribution in [0, 0.1) is 0 Å². The number of benzene rings is 1. The molecule has 2 aromatic rings. The van der Waals surface area contributed by atoms with Crippen molar-refractivity contribution in [1.82, 2.24) is 20.6 Å². The van der Waals surface area contributed by atoms with Crippen molar-refractivity contribution in [3.8, 4) is 0 Å². The molecule has 0 spiro atoms. The quantitative estimate of drug-likeness (QED) is 0.725. The van der Waals surface area contributed by atoms with Gasteiger partial charge in [0, 0.05) is 13.5 Å². The largest absolute Gasteiger partial charge is 0.350 e. The minimum absolute atomic E-state index is 0.00162. The minimum Gasteiger partial charge on any atom is -0.350 e. The van der Waals surface area contributed by atoms with Crippen molar-refractivity contribution in [2.45, 2.75) is 13.5 Å². The molecule has 2 amide bonds. The van der Waals surface area contributed by atoms with E-state index in [4.69, 9.17) is 0 Å². The van der Waals surface area contributed by atoms with Gasteiger partial charge in [0.05, 0.1) is 23.9 Å². The first kappa shape index (κ1) is 12.1. The normalized spacial score (nSPS) is 10.3. The molecule has 1 aromatic carbocycles. The number of rotatable bonds is 4. The predicted molar refractivity (Wildman–Crippen MR) is 66.6 cm³/mol. The van der Waals surface area contributed by atoms with E-state index in [1.54, 1.807) is 6.33 Å². The number of carbonyl (C=O) groups is 2. The van der Waals surface area contributed by atoms with E-state index in [0.29, 0.717) is 6.54 Å². The van der Waals surface area contributed by atoms with Crippen molar-refractivity contribution in [3.63, 3.8) is 0 Å². The molecule has 0 unspecified atom stereocenters. The van der Waals surface area contributed by atoms with Gasteiger partial charge in [-0.05, 0) is 17.7 Å². The summed E-state index contributed by atoms with van der Waals surface area (Å²) in [4.78, 5) is 29.1. The van der Waals surface area contributed by atoms with Gasteiger partial charge >= 0.3 is 0 Å².